The van der Waals surface area contributed by atoms with Gasteiger partial charge in [0.15, 0.2) is 0 Å². The van der Waals surface area contributed by atoms with E-state index in [1.807, 2.05) is 0 Å². The van der Waals surface area contributed by atoms with E-state index in [1.165, 1.54) is 4.88 Å². The zero-order chi connectivity index (χ0) is 13.5. The number of nitrogens with one attached hydrogen (secondary N) is 2. The minimum atomic E-state index is 0.208. The van der Waals surface area contributed by atoms with E-state index in [1.54, 1.807) is 11.3 Å². The van der Waals surface area contributed by atoms with E-state index in [-0.39, 0.29) is 11.9 Å². The van der Waals surface area contributed by atoms with Gasteiger partial charge in [0.05, 0.1) is 6.04 Å². The van der Waals surface area contributed by atoms with Gasteiger partial charge in [0.2, 0.25) is 5.91 Å². The molecule has 2 heterocycles. The Morgan fingerprint density at radius 1 is 1.53 bits per heavy atom. The number of hydrogen-bond acceptors (Lipinski definition) is 3. The summed E-state index contributed by atoms with van der Waals surface area (Å²) >= 11 is 1.73. The first-order chi connectivity index (χ1) is 9.29. The second kappa shape index (κ2) is 7.65. The van der Waals surface area contributed by atoms with Crippen molar-refractivity contribution in [2.75, 3.05) is 13.1 Å². The maximum Gasteiger partial charge on any atom is 0.220 e. The number of piperidine rings is 1. The smallest absolute Gasteiger partial charge is 0.220 e. The van der Waals surface area contributed by atoms with Gasteiger partial charge in [0, 0.05) is 11.3 Å². The highest BCUT2D eigenvalue weighted by Crippen LogP contribution is 2.24. The number of hydrogen-bond donors (Lipinski definition) is 2. The molecule has 106 valence electrons. The molecule has 1 fully saturated rings. The lowest BCUT2D eigenvalue weighted by atomic mass is 9.94. The average Bonchev–Trinajstić information content (AvgIpc) is 2.93. The normalized spacial score (nSPS) is 18.2. The van der Waals surface area contributed by atoms with E-state index in [4.69, 9.17) is 0 Å². The van der Waals surface area contributed by atoms with Crippen molar-refractivity contribution in [1.29, 1.82) is 0 Å². The van der Waals surface area contributed by atoms with Gasteiger partial charge in [-0.1, -0.05) is 19.4 Å². The molecule has 0 bridgehead atoms. The minimum absolute atomic E-state index is 0.208. The molecule has 0 aromatic carbocycles. The van der Waals surface area contributed by atoms with Gasteiger partial charge < -0.3 is 10.6 Å². The Labute approximate surface area is 119 Å². The van der Waals surface area contributed by atoms with Crippen molar-refractivity contribution in [3.63, 3.8) is 0 Å². The Bertz CT molecular complexity index is 372. The van der Waals surface area contributed by atoms with Gasteiger partial charge >= 0.3 is 0 Å². The second-order valence-electron chi connectivity index (χ2n) is 5.32. The first-order valence-electron chi connectivity index (χ1n) is 7.33. The fourth-order valence-corrected chi connectivity index (χ4v) is 3.48. The fourth-order valence-electron chi connectivity index (χ4n) is 2.67. The molecule has 1 aromatic heterocycles. The predicted octanol–water partition coefficient (Wildman–Crippen LogP) is 3.10. The molecule has 2 N–H and O–H groups in total. The molecule has 1 amide bonds. The van der Waals surface area contributed by atoms with Crippen molar-refractivity contribution in [2.45, 2.75) is 45.1 Å². The Kier molecular flexibility index (Phi) is 5.86. The summed E-state index contributed by atoms with van der Waals surface area (Å²) < 4.78 is 0. The molecule has 1 aliphatic heterocycles. The summed E-state index contributed by atoms with van der Waals surface area (Å²) in [6, 6.07) is 4.39. The van der Waals surface area contributed by atoms with E-state index in [2.05, 4.69) is 35.1 Å². The molecule has 1 unspecified atom stereocenters. The van der Waals surface area contributed by atoms with Crippen LogP contribution in [0.1, 0.15) is 49.9 Å². The van der Waals surface area contributed by atoms with Crippen LogP contribution in [0.25, 0.3) is 0 Å². The Balaban J connectivity index is 1.84. The number of carbonyl (C=O) groups is 1. The summed E-state index contributed by atoms with van der Waals surface area (Å²) in [5.74, 6) is 0.783. The Morgan fingerprint density at radius 2 is 2.32 bits per heavy atom. The standard InChI is InChI=1S/C15H24N2OS/c1-2-4-13(14-5-3-10-19-14)17-15(18)11-12-6-8-16-9-7-12/h3,5,10,12-13,16H,2,4,6-9,11H2,1H3,(H,17,18). The number of amides is 1. The van der Waals surface area contributed by atoms with Gasteiger partial charge in [-0.2, -0.15) is 0 Å². The van der Waals surface area contributed by atoms with Gasteiger partial charge in [0.25, 0.3) is 0 Å². The molecular formula is C15H24N2OS. The molecule has 0 spiro atoms. The molecule has 1 aromatic rings. The van der Waals surface area contributed by atoms with Crippen LogP contribution in [0.4, 0.5) is 0 Å². The van der Waals surface area contributed by atoms with Crippen molar-refractivity contribution >= 4 is 17.2 Å². The molecule has 0 radical (unpaired) electrons. The van der Waals surface area contributed by atoms with Gasteiger partial charge in [-0.05, 0) is 49.7 Å². The van der Waals surface area contributed by atoms with Crippen LogP contribution in [-0.2, 0) is 4.79 Å². The highest BCUT2D eigenvalue weighted by atomic mass is 32.1. The quantitative estimate of drug-likeness (QED) is 0.840. The lowest BCUT2D eigenvalue weighted by Gasteiger charge is -2.23. The first kappa shape index (κ1) is 14.5. The number of thiophene rings is 1. The van der Waals surface area contributed by atoms with Gasteiger partial charge in [-0.3, -0.25) is 4.79 Å². The summed E-state index contributed by atoms with van der Waals surface area (Å²) in [7, 11) is 0. The second-order valence-corrected chi connectivity index (χ2v) is 6.30. The van der Waals surface area contributed by atoms with Gasteiger partial charge in [0.1, 0.15) is 0 Å². The van der Waals surface area contributed by atoms with E-state index in [9.17, 15) is 4.79 Å². The van der Waals surface area contributed by atoms with Crippen LogP contribution in [-0.4, -0.2) is 19.0 Å². The molecule has 19 heavy (non-hydrogen) atoms. The Hall–Kier alpha value is -0.870. The maximum absolute atomic E-state index is 12.2. The predicted molar refractivity (Wildman–Crippen MR) is 80.3 cm³/mol. The van der Waals surface area contributed by atoms with Crippen LogP contribution in [0.5, 0.6) is 0 Å². The molecule has 0 aliphatic carbocycles. The van der Waals surface area contributed by atoms with Crippen LogP contribution in [0, 0.1) is 5.92 Å². The highest BCUT2D eigenvalue weighted by molar-refractivity contribution is 7.10. The lowest BCUT2D eigenvalue weighted by Crippen LogP contribution is -2.33. The third-order valence-electron chi connectivity index (χ3n) is 3.73. The zero-order valence-electron chi connectivity index (χ0n) is 11.7. The van der Waals surface area contributed by atoms with Crippen molar-refractivity contribution in [2.24, 2.45) is 5.92 Å². The first-order valence-corrected chi connectivity index (χ1v) is 8.21. The lowest BCUT2D eigenvalue weighted by molar-refractivity contribution is -0.123. The van der Waals surface area contributed by atoms with Crippen molar-refractivity contribution in [3.8, 4) is 0 Å². The van der Waals surface area contributed by atoms with Gasteiger partial charge in [-0.25, -0.2) is 0 Å². The van der Waals surface area contributed by atoms with E-state index in [0.29, 0.717) is 12.3 Å². The van der Waals surface area contributed by atoms with Crippen LogP contribution < -0.4 is 10.6 Å². The zero-order valence-corrected chi connectivity index (χ0v) is 12.5. The van der Waals surface area contributed by atoms with Gasteiger partial charge in [-0.15, -0.1) is 11.3 Å². The van der Waals surface area contributed by atoms with Crippen molar-refractivity contribution in [1.82, 2.24) is 10.6 Å². The van der Waals surface area contributed by atoms with Crippen molar-refractivity contribution in [3.05, 3.63) is 22.4 Å². The molecule has 0 saturated carbocycles. The largest absolute Gasteiger partial charge is 0.348 e. The fraction of sp³-hybridized carbons (Fsp3) is 0.667. The summed E-state index contributed by atoms with van der Waals surface area (Å²) in [4.78, 5) is 13.4. The highest BCUT2D eigenvalue weighted by Gasteiger charge is 2.19. The monoisotopic (exact) mass is 280 g/mol. The van der Waals surface area contributed by atoms with Crippen LogP contribution >= 0.6 is 11.3 Å². The van der Waals surface area contributed by atoms with Crippen LogP contribution in [0.2, 0.25) is 0 Å². The molecule has 1 saturated heterocycles. The molecule has 2 rings (SSSR count). The third-order valence-corrected chi connectivity index (χ3v) is 4.72. The molecule has 4 heteroatoms. The SMILES string of the molecule is CCCC(NC(=O)CC1CCNCC1)c1cccs1. The third kappa shape index (κ3) is 4.62. The van der Waals surface area contributed by atoms with Crippen molar-refractivity contribution < 1.29 is 4.79 Å². The number of rotatable bonds is 6. The van der Waals surface area contributed by atoms with Crippen LogP contribution in [0.3, 0.4) is 0 Å². The van der Waals surface area contributed by atoms with E-state index < -0.39 is 0 Å². The summed E-state index contributed by atoms with van der Waals surface area (Å²) in [6.07, 6.45) is 5.07. The maximum atomic E-state index is 12.2. The average molecular weight is 280 g/mol. The molecule has 1 aliphatic rings. The topological polar surface area (TPSA) is 41.1 Å². The summed E-state index contributed by atoms with van der Waals surface area (Å²) in [5, 5.41) is 8.64. The molecular weight excluding hydrogens is 256 g/mol. The van der Waals surface area contributed by atoms with Crippen LogP contribution in [0.15, 0.2) is 17.5 Å². The van der Waals surface area contributed by atoms with E-state index in [0.717, 1.165) is 38.8 Å². The Morgan fingerprint density at radius 3 is 2.95 bits per heavy atom. The number of carbonyl (C=O) groups excluding carboxylic acids is 1. The van der Waals surface area contributed by atoms with E-state index >= 15 is 0 Å². The summed E-state index contributed by atoms with van der Waals surface area (Å²) in [5.41, 5.74) is 0. The molecule has 1 atom stereocenters. The minimum Gasteiger partial charge on any atom is -0.348 e. The molecule has 3 nitrogen and oxygen atoms in total. The summed E-state index contributed by atoms with van der Waals surface area (Å²) in [6.45, 7) is 4.28.